The number of imidazole rings is 1. The van der Waals surface area contributed by atoms with Crippen molar-refractivity contribution in [2.75, 3.05) is 0 Å². The second-order valence-corrected chi connectivity index (χ2v) is 4.24. The lowest BCUT2D eigenvalue weighted by molar-refractivity contribution is 0.475. The average molecular weight is 252 g/mol. The molecule has 0 spiro atoms. The summed E-state index contributed by atoms with van der Waals surface area (Å²) in [5.74, 6) is 1.21. The molecule has 0 aliphatic carbocycles. The number of nitrogens with one attached hydrogen (secondary N) is 1. The summed E-state index contributed by atoms with van der Waals surface area (Å²) in [6.07, 6.45) is 1.74. The lowest BCUT2D eigenvalue weighted by atomic mass is 10.1. The van der Waals surface area contributed by atoms with Gasteiger partial charge in [0.15, 0.2) is 0 Å². The van der Waals surface area contributed by atoms with E-state index in [-0.39, 0.29) is 11.5 Å². The number of H-pyrrole nitrogens is 1. The average Bonchev–Trinajstić information content (AvgIpc) is 2.90. The third-order valence-electron chi connectivity index (χ3n) is 2.89. The van der Waals surface area contributed by atoms with E-state index in [1.807, 2.05) is 12.1 Å². The third-order valence-corrected chi connectivity index (χ3v) is 2.89. The molecule has 0 saturated carbocycles. The Kier molecular flexibility index (Phi) is 2.68. The van der Waals surface area contributed by atoms with E-state index in [1.54, 1.807) is 42.6 Å². The molecule has 0 aliphatic heterocycles. The topological polar surface area (TPSA) is 69.1 Å². The SMILES string of the molecule is Oc1ccc(-c2cnc(-c3ccc(O)cc3)[nH]2)cc1. The summed E-state index contributed by atoms with van der Waals surface area (Å²) < 4.78 is 0. The van der Waals surface area contributed by atoms with Crippen LogP contribution in [0.3, 0.4) is 0 Å². The minimum absolute atomic E-state index is 0.231. The molecule has 4 heteroatoms. The van der Waals surface area contributed by atoms with Crippen LogP contribution in [0.15, 0.2) is 54.7 Å². The highest BCUT2D eigenvalue weighted by Gasteiger charge is 2.05. The second-order valence-electron chi connectivity index (χ2n) is 4.24. The first-order chi connectivity index (χ1) is 9.22. The van der Waals surface area contributed by atoms with Crippen molar-refractivity contribution >= 4 is 0 Å². The minimum atomic E-state index is 0.231. The lowest BCUT2D eigenvalue weighted by Crippen LogP contribution is -1.80. The Morgan fingerprint density at radius 1 is 0.737 bits per heavy atom. The number of nitrogens with zero attached hydrogens (tertiary/aromatic N) is 1. The first-order valence-corrected chi connectivity index (χ1v) is 5.86. The molecule has 0 amide bonds. The lowest BCUT2D eigenvalue weighted by Gasteiger charge is -1.99. The molecule has 1 heterocycles. The van der Waals surface area contributed by atoms with Gasteiger partial charge in [-0.05, 0) is 54.1 Å². The number of aromatic amines is 1. The Bertz CT molecular complexity index is 625. The molecule has 3 aromatic rings. The molecule has 1 aromatic heterocycles. The molecule has 0 unspecified atom stereocenters. The van der Waals surface area contributed by atoms with E-state index in [0.717, 1.165) is 22.6 Å². The number of aromatic hydroxyl groups is 2. The molecule has 0 saturated heterocycles. The Morgan fingerprint density at radius 3 is 1.84 bits per heavy atom. The van der Waals surface area contributed by atoms with Gasteiger partial charge in [-0.3, -0.25) is 0 Å². The van der Waals surface area contributed by atoms with Gasteiger partial charge in [0.25, 0.3) is 0 Å². The van der Waals surface area contributed by atoms with Crippen LogP contribution >= 0.6 is 0 Å². The fourth-order valence-electron chi connectivity index (χ4n) is 1.87. The summed E-state index contributed by atoms with van der Waals surface area (Å²) in [5, 5.41) is 18.5. The highest BCUT2D eigenvalue weighted by atomic mass is 16.3. The Labute approximate surface area is 110 Å². The van der Waals surface area contributed by atoms with Crippen LogP contribution in [0.25, 0.3) is 22.6 Å². The molecule has 0 atom stereocenters. The van der Waals surface area contributed by atoms with Gasteiger partial charge in [-0.2, -0.15) is 0 Å². The van der Waals surface area contributed by atoms with E-state index >= 15 is 0 Å². The van der Waals surface area contributed by atoms with Crippen molar-refractivity contribution in [1.82, 2.24) is 9.97 Å². The highest BCUT2D eigenvalue weighted by molar-refractivity contribution is 5.65. The van der Waals surface area contributed by atoms with Gasteiger partial charge in [-0.1, -0.05) is 0 Å². The van der Waals surface area contributed by atoms with Crippen LogP contribution in [0.4, 0.5) is 0 Å². The van der Waals surface area contributed by atoms with Crippen LogP contribution in [-0.4, -0.2) is 20.2 Å². The van der Waals surface area contributed by atoms with Crippen LogP contribution in [-0.2, 0) is 0 Å². The predicted molar refractivity (Wildman–Crippen MR) is 72.8 cm³/mol. The number of rotatable bonds is 2. The molecular formula is C15H12N2O2. The number of aromatic nitrogens is 2. The predicted octanol–water partition coefficient (Wildman–Crippen LogP) is 3.15. The second kappa shape index (κ2) is 4.49. The van der Waals surface area contributed by atoms with E-state index in [1.165, 1.54) is 0 Å². The number of phenols is 2. The molecule has 3 N–H and O–H groups in total. The first kappa shape index (κ1) is 11.3. The van der Waals surface area contributed by atoms with Gasteiger partial charge < -0.3 is 15.2 Å². The van der Waals surface area contributed by atoms with Crippen molar-refractivity contribution in [3.05, 3.63) is 54.7 Å². The van der Waals surface area contributed by atoms with Crippen molar-refractivity contribution in [1.29, 1.82) is 0 Å². The Balaban J connectivity index is 1.95. The zero-order valence-electron chi connectivity index (χ0n) is 10.0. The summed E-state index contributed by atoms with van der Waals surface area (Å²) in [6.45, 7) is 0. The molecule has 0 fully saturated rings. The molecular weight excluding hydrogens is 240 g/mol. The molecule has 19 heavy (non-hydrogen) atoms. The standard InChI is InChI=1S/C15H12N2O2/c18-12-5-1-10(2-6-12)14-9-16-15(17-14)11-3-7-13(19)8-4-11/h1-9,18-19H,(H,16,17). The van der Waals surface area contributed by atoms with Crippen molar-refractivity contribution in [2.45, 2.75) is 0 Å². The quantitative estimate of drug-likeness (QED) is 0.656. The largest absolute Gasteiger partial charge is 0.508 e. The zero-order valence-corrected chi connectivity index (χ0v) is 10.0. The zero-order chi connectivity index (χ0) is 13.2. The van der Waals surface area contributed by atoms with E-state index in [2.05, 4.69) is 9.97 Å². The van der Waals surface area contributed by atoms with Gasteiger partial charge in [0.2, 0.25) is 0 Å². The van der Waals surface area contributed by atoms with Gasteiger partial charge in [0.05, 0.1) is 11.9 Å². The molecule has 94 valence electrons. The summed E-state index contributed by atoms with van der Waals surface area (Å²) >= 11 is 0. The summed E-state index contributed by atoms with van der Waals surface area (Å²) in [7, 11) is 0. The molecule has 2 aromatic carbocycles. The highest BCUT2D eigenvalue weighted by Crippen LogP contribution is 2.24. The number of benzene rings is 2. The molecule has 4 nitrogen and oxygen atoms in total. The number of phenolic OH excluding ortho intramolecular Hbond substituents is 2. The monoisotopic (exact) mass is 252 g/mol. The fourth-order valence-corrected chi connectivity index (χ4v) is 1.87. The number of hydrogen-bond acceptors (Lipinski definition) is 3. The Hall–Kier alpha value is -2.75. The molecule has 0 radical (unpaired) electrons. The van der Waals surface area contributed by atoms with E-state index in [4.69, 9.17) is 0 Å². The molecule has 0 bridgehead atoms. The Morgan fingerprint density at radius 2 is 1.26 bits per heavy atom. The van der Waals surface area contributed by atoms with Crippen molar-refractivity contribution in [2.24, 2.45) is 0 Å². The van der Waals surface area contributed by atoms with Crippen LogP contribution in [0.2, 0.25) is 0 Å². The van der Waals surface area contributed by atoms with Gasteiger partial charge in [0, 0.05) is 5.56 Å². The summed E-state index contributed by atoms with van der Waals surface area (Å²) in [6, 6.07) is 13.8. The maximum atomic E-state index is 9.26. The van der Waals surface area contributed by atoms with Crippen LogP contribution < -0.4 is 0 Å². The van der Waals surface area contributed by atoms with E-state index in [9.17, 15) is 10.2 Å². The van der Waals surface area contributed by atoms with Crippen molar-refractivity contribution < 1.29 is 10.2 Å². The molecule has 0 aliphatic rings. The number of hydrogen-bond donors (Lipinski definition) is 3. The maximum Gasteiger partial charge on any atom is 0.137 e. The first-order valence-electron chi connectivity index (χ1n) is 5.86. The van der Waals surface area contributed by atoms with Gasteiger partial charge >= 0.3 is 0 Å². The third kappa shape index (κ3) is 2.28. The smallest absolute Gasteiger partial charge is 0.137 e. The summed E-state index contributed by atoms with van der Waals surface area (Å²) in [4.78, 5) is 7.53. The minimum Gasteiger partial charge on any atom is -0.508 e. The van der Waals surface area contributed by atoms with Crippen LogP contribution in [0.1, 0.15) is 0 Å². The summed E-state index contributed by atoms with van der Waals surface area (Å²) in [5.41, 5.74) is 2.74. The van der Waals surface area contributed by atoms with Gasteiger partial charge in [-0.15, -0.1) is 0 Å². The normalized spacial score (nSPS) is 10.5. The van der Waals surface area contributed by atoms with Gasteiger partial charge in [-0.25, -0.2) is 4.98 Å². The van der Waals surface area contributed by atoms with Crippen LogP contribution in [0, 0.1) is 0 Å². The van der Waals surface area contributed by atoms with Crippen molar-refractivity contribution in [3.8, 4) is 34.1 Å². The fraction of sp³-hybridized carbons (Fsp3) is 0. The van der Waals surface area contributed by atoms with Gasteiger partial charge in [0.1, 0.15) is 17.3 Å². The van der Waals surface area contributed by atoms with E-state index in [0.29, 0.717) is 0 Å². The maximum absolute atomic E-state index is 9.26. The molecule has 3 rings (SSSR count). The van der Waals surface area contributed by atoms with Crippen molar-refractivity contribution in [3.63, 3.8) is 0 Å². The van der Waals surface area contributed by atoms with E-state index < -0.39 is 0 Å². The van der Waals surface area contributed by atoms with Crippen LogP contribution in [0.5, 0.6) is 11.5 Å².